The van der Waals surface area contributed by atoms with E-state index >= 15 is 0 Å². The molecule has 0 saturated heterocycles. The van der Waals surface area contributed by atoms with Crippen molar-refractivity contribution in [2.24, 2.45) is 0 Å². The Kier molecular flexibility index (Phi) is 7.65. The highest BCUT2D eigenvalue weighted by Gasteiger charge is 2.52. The third-order valence-corrected chi connectivity index (χ3v) is 15.8. The van der Waals surface area contributed by atoms with Crippen molar-refractivity contribution in [1.29, 1.82) is 5.26 Å². The van der Waals surface area contributed by atoms with E-state index in [0.29, 0.717) is 11.3 Å². The Morgan fingerprint density at radius 3 is 1.43 bits per heavy atom. The molecule has 8 heteroatoms. The molecule has 69 heavy (non-hydrogen) atoms. The van der Waals surface area contributed by atoms with Crippen molar-refractivity contribution in [2.75, 3.05) is 0 Å². The van der Waals surface area contributed by atoms with Gasteiger partial charge in [-0.25, -0.2) is 4.85 Å². The minimum atomic E-state index is -0.776. The number of benzene rings is 8. The van der Waals surface area contributed by atoms with Crippen molar-refractivity contribution in [3.63, 3.8) is 0 Å². The Labute approximate surface area is 399 Å². The number of para-hydroxylation sites is 3. The molecule has 15 rings (SSSR count). The molecule has 1 aliphatic carbocycles. The molecule has 0 fully saturated rings. The molecule has 0 bridgehead atoms. The van der Waals surface area contributed by atoms with Crippen molar-refractivity contribution >= 4 is 82.9 Å². The molecular formula is C61H33N7S. The molecule has 0 N–H and O–H groups in total. The second-order valence-electron chi connectivity index (χ2n) is 17.9. The van der Waals surface area contributed by atoms with Gasteiger partial charge in [-0.2, -0.15) is 5.26 Å². The smallest absolute Gasteiger partial charge is 0.188 e. The minimum Gasteiger partial charge on any atom is -0.309 e. The summed E-state index contributed by atoms with van der Waals surface area (Å²) < 4.78 is 7.06. The van der Waals surface area contributed by atoms with Gasteiger partial charge in [0.1, 0.15) is 0 Å². The molecule has 0 atom stereocenters. The summed E-state index contributed by atoms with van der Waals surface area (Å²) in [5.41, 5.74) is 16.3. The number of nitriles is 1. The van der Waals surface area contributed by atoms with Crippen LogP contribution in [0.5, 0.6) is 0 Å². The van der Waals surface area contributed by atoms with E-state index in [0.717, 1.165) is 110 Å². The van der Waals surface area contributed by atoms with Gasteiger partial charge in [0.05, 0.1) is 68.1 Å². The summed E-state index contributed by atoms with van der Waals surface area (Å²) in [6.07, 6.45) is 3.75. The molecule has 5 aromatic heterocycles. The highest BCUT2D eigenvalue weighted by molar-refractivity contribution is 7.99. The first-order valence-corrected chi connectivity index (χ1v) is 23.7. The van der Waals surface area contributed by atoms with Crippen LogP contribution in [-0.4, -0.2) is 23.7 Å². The Morgan fingerprint density at radius 1 is 0.435 bits per heavy atom. The lowest BCUT2D eigenvalue weighted by Crippen LogP contribution is -2.32. The molecule has 318 valence electrons. The average Bonchev–Trinajstić information content (AvgIpc) is 4.12. The first-order chi connectivity index (χ1) is 34.1. The zero-order chi connectivity index (χ0) is 45.5. The zero-order valence-corrected chi connectivity index (χ0v) is 37.4. The van der Waals surface area contributed by atoms with Crippen LogP contribution in [0, 0.1) is 17.9 Å². The molecule has 1 spiro atoms. The number of fused-ring (bicyclic) bond motifs is 18. The number of rotatable bonds is 3. The van der Waals surface area contributed by atoms with Gasteiger partial charge in [-0.3, -0.25) is 9.97 Å². The Bertz CT molecular complexity index is 4420. The number of hydrogen-bond acceptors (Lipinski definition) is 4. The fourth-order valence-corrected chi connectivity index (χ4v) is 13.0. The lowest BCUT2D eigenvalue weighted by Gasteiger charge is -2.39. The SMILES string of the molecule is [C-]#[N+]c1ccc2c(c1)c1ccccc1n2-c1ccc2c(c1)C1(c3cc(-n4c5ccc(C#N)cc5c5cc(-n6c7ccccc7c7ccccc76)ccc54)ccc3S2)c2cccnc2-c2ncccc21. The predicted molar refractivity (Wildman–Crippen MR) is 277 cm³/mol. The molecule has 0 saturated carbocycles. The van der Waals surface area contributed by atoms with E-state index in [2.05, 4.69) is 188 Å². The molecule has 0 radical (unpaired) electrons. The van der Waals surface area contributed by atoms with Gasteiger partial charge in [0.25, 0.3) is 0 Å². The normalized spacial score (nSPS) is 13.2. The molecule has 6 heterocycles. The van der Waals surface area contributed by atoms with E-state index in [1.165, 1.54) is 15.7 Å². The zero-order valence-electron chi connectivity index (χ0n) is 36.6. The summed E-state index contributed by atoms with van der Waals surface area (Å²) in [6.45, 7) is 7.80. The van der Waals surface area contributed by atoms with E-state index in [4.69, 9.17) is 16.5 Å². The summed E-state index contributed by atoms with van der Waals surface area (Å²) in [7, 11) is 0. The molecule has 8 aromatic carbocycles. The summed E-state index contributed by atoms with van der Waals surface area (Å²) in [5.74, 6) is 0. The summed E-state index contributed by atoms with van der Waals surface area (Å²) in [6, 6.07) is 69.3. The fourth-order valence-electron chi connectivity index (χ4n) is 11.9. The van der Waals surface area contributed by atoms with Crippen molar-refractivity contribution in [3.8, 4) is 34.5 Å². The Balaban J connectivity index is 0.998. The standard InChI is InChI=1S/C61H33N7S/c1-63-37-19-24-55-45(31-37)43-12-4-7-17-53(43)67(55)39-21-26-57-49(33-39)61(47-13-8-28-64-59(47)60-48(61)14-9-29-65-60)50-34-40(22-27-58(50)69-57)68-54-23-18-36(35-62)30-44(54)46-32-38(20-25-56(46)68)66-51-15-5-2-10-41(51)42-11-3-6-16-52(42)66/h2-34H. The highest BCUT2D eigenvalue weighted by Crippen LogP contribution is 2.62. The van der Waals surface area contributed by atoms with E-state index in [9.17, 15) is 5.26 Å². The summed E-state index contributed by atoms with van der Waals surface area (Å²) >= 11 is 1.80. The fraction of sp³-hybridized carbons (Fsp3) is 0.0164. The lowest BCUT2D eigenvalue weighted by atomic mass is 9.67. The van der Waals surface area contributed by atoms with Crippen LogP contribution in [-0.2, 0) is 5.41 Å². The topological polar surface area (TPSA) is 68.7 Å². The van der Waals surface area contributed by atoms with Gasteiger partial charge in [-0.1, -0.05) is 84.6 Å². The quantitative estimate of drug-likeness (QED) is 0.166. The van der Waals surface area contributed by atoms with Crippen LogP contribution in [0.3, 0.4) is 0 Å². The number of nitrogens with zero attached hydrogens (tertiary/aromatic N) is 7. The average molecular weight is 896 g/mol. The van der Waals surface area contributed by atoms with Gasteiger partial charge in [0.2, 0.25) is 0 Å². The first kappa shape index (κ1) is 38.0. The van der Waals surface area contributed by atoms with Crippen LogP contribution in [0.4, 0.5) is 5.69 Å². The van der Waals surface area contributed by atoms with Gasteiger partial charge in [-0.05, 0) is 143 Å². The van der Waals surface area contributed by atoms with Crippen LogP contribution in [0.1, 0.15) is 27.8 Å². The van der Waals surface area contributed by atoms with Gasteiger partial charge in [0.15, 0.2) is 5.69 Å². The number of hydrogen-bond donors (Lipinski definition) is 0. The van der Waals surface area contributed by atoms with Gasteiger partial charge >= 0.3 is 0 Å². The third-order valence-electron chi connectivity index (χ3n) is 14.6. The lowest BCUT2D eigenvalue weighted by molar-refractivity contribution is 0.717. The molecule has 0 amide bonds. The van der Waals surface area contributed by atoms with Crippen molar-refractivity contribution < 1.29 is 0 Å². The maximum atomic E-state index is 10.2. The van der Waals surface area contributed by atoms with Crippen molar-refractivity contribution in [3.05, 3.63) is 240 Å². The van der Waals surface area contributed by atoms with Crippen LogP contribution in [0.25, 0.3) is 98.7 Å². The van der Waals surface area contributed by atoms with Crippen LogP contribution >= 0.6 is 11.8 Å². The van der Waals surface area contributed by atoms with Crippen molar-refractivity contribution in [2.45, 2.75) is 15.2 Å². The van der Waals surface area contributed by atoms with Gasteiger partial charge in [0, 0.05) is 66.2 Å². The largest absolute Gasteiger partial charge is 0.309 e. The van der Waals surface area contributed by atoms with E-state index in [1.807, 2.05) is 36.7 Å². The molecule has 1 aliphatic heterocycles. The molecule has 7 nitrogen and oxygen atoms in total. The van der Waals surface area contributed by atoms with Gasteiger partial charge < -0.3 is 13.7 Å². The van der Waals surface area contributed by atoms with Crippen LogP contribution in [0.15, 0.2) is 210 Å². The van der Waals surface area contributed by atoms with E-state index in [-0.39, 0.29) is 0 Å². The van der Waals surface area contributed by atoms with E-state index in [1.54, 1.807) is 11.8 Å². The van der Waals surface area contributed by atoms with E-state index < -0.39 is 5.41 Å². The second-order valence-corrected chi connectivity index (χ2v) is 19.0. The number of aromatic nitrogens is 5. The third kappa shape index (κ3) is 5.00. The minimum absolute atomic E-state index is 0.617. The van der Waals surface area contributed by atoms with Gasteiger partial charge in [-0.15, -0.1) is 0 Å². The second kappa shape index (κ2) is 13.9. The molecule has 13 aromatic rings. The summed E-state index contributed by atoms with van der Waals surface area (Å²) in [4.78, 5) is 16.3. The summed E-state index contributed by atoms with van der Waals surface area (Å²) in [5, 5.41) is 16.9. The maximum absolute atomic E-state index is 10.2. The van der Waals surface area contributed by atoms with Crippen LogP contribution < -0.4 is 0 Å². The van der Waals surface area contributed by atoms with Crippen molar-refractivity contribution in [1.82, 2.24) is 23.7 Å². The molecular weight excluding hydrogens is 863 g/mol. The first-order valence-electron chi connectivity index (χ1n) is 22.9. The Morgan fingerprint density at radius 2 is 0.884 bits per heavy atom. The maximum Gasteiger partial charge on any atom is 0.188 e. The highest BCUT2D eigenvalue weighted by atomic mass is 32.2. The monoisotopic (exact) mass is 895 g/mol. The molecule has 2 aliphatic rings. The Hall–Kier alpha value is -9.21. The number of pyridine rings is 2. The molecule has 0 unspecified atom stereocenters. The predicted octanol–water partition coefficient (Wildman–Crippen LogP) is 15.0. The van der Waals surface area contributed by atoms with Crippen LogP contribution in [0.2, 0.25) is 0 Å².